The fourth-order valence-electron chi connectivity index (χ4n) is 2.29. The zero-order chi connectivity index (χ0) is 7.73. The molecule has 0 amide bonds. The predicted molar refractivity (Wildman–Crippen MR) is 40.9 cm³/mol. The standard InChI is InChI=1S/C8H16NO2/c10-5-4-9-3-1-8(9)2-6-11-7-9/h8,10H,1-7H2/q+1. The zero-order valence-corrected chi connectivity index (χ0v) is 6.83. The molecule has 0 radical (unpaired) electrons. The van der Waals surface area contributed by atoms with E-state index in [9.17, 15) is 0 Å². The van der Waals surface area contributed by atoms with Crippen LogP contribution in [0.25, 0.3) is 0 Å². The summed E-state index contributed by atoms with van der Waals surface area (Å²) in [7, 11) is 0. The average Bonchev–Trinajstić information content (AvgIpc) is 1.98. The van der Waals surface area contributed by atoms with Gasteiger partial charge in [0.1, 0.15) is 6.54 Å². The number of quaternary nitrogens is 1. The second kappa shape index (κ2) is 2.73. The van der Waals surface area contributed by atoms with Gasteiger partial charge in [0.05, 0.1) is 25.8 Å². The maximum Gasteiger partial charge on any atom is 0.183 e. The van der Waals surface area contributed by atoms with Crippen LogP contribution >= 0.6 is 0 Å². The van der Waals surface area contributed by atoms with Gasteiger partial charge in [-0.2, -0.15) is 0 Å². The Hall–Kier alpha value is -0.120. The summed E-state index contributed by atoms with van der Waals surface area (Å²) in [5, 5.41) is 8.86. The van der Waals surface area contributed by atoms with E-state index in [4.69, 9.17) is 9.84 Å². The van der Waals surface area contributed by atoms with Crippen molar-refractivity contribution in [3.05, 3.63) is 0 Å². The van der Waals surface area contributed by atoms with Gasteiger partial charge in [0, 0.05) is 12.8 Å². The summed E-state index contributed by atoms with van der Waals surface area (Å²) in [6, 6.07) is 0.802. The van der Waals surface area contributed by atoms with E-state index in [1.807, 2.05) is 0 Å². The predicted octanol–water partition coefficient (Wildman–Crippen LogP) is -0.0544. The first-order valence-electron chi connectivity index (χ1n) is 4.42. The van der Waals surface area contributed by atoms with E-state index in [1.54, 1.807) is 0 Å². The Bertz CT molecular complexity index is 147. The first kappa shape index (κ1) is 7.53. The van der Waals surface area contributed by atoms with E-state index in [0.717, 1.165) is 30.4 Å². The molecule has 2 unspecified atom stereocenters. The number of rotatable bonds is 2. The number of hydrogen-bond donors (Lipinski definition) is 1. The van der Waals surface area contributed by atoms with E-state index in [1.165, 1.54) is 19.4 Å². The Morgan fingerprint density at radius 1 is 1.45 bits per heavy atom. The summed E-state index contributed by atoms with van der Waals surface area (Å²) in [5.41, 5.74) is 0. The van der Waals surface area contributed by atoms with Crippen molar-refractivity contribution in [3.63, 3.8) is 0 Å². The van der Waals surface area contributed by atoms with Crippen molar-refractivity contribution in [1.82, 2.24) is 0 Å². The molecule has 2 saturated heterocycles. The minimum Gasteiger partial charge on any atom is -0.391 e. The Balaban J connectivity index is 1.98. The van der Waals surface area contributed by atoms with Crippen LogP contribution in [0, 0.1) is 0 Å². The normalized spacial score (nSPS) is 42.8. The van der Waals surface area contributed by atoms with E-state index < -0.39 is 0 Å². The van der Waals surface area contributed by atoms with Crippen LogP contribution in [0.3, 0.4) is 0 Å². The fourth-order valence-corrected chi connectivity index (χ4v) is 2.29. The van der Waals surface area contributed by atoms with Crippen LogP contribution in [0.15, 0.2) is 0 Å². The molecule has 0 saturated carbocycles. The van der Waals surface area contributed by atoms with Crippen LogP contribution in [-0.4, -0.2) is 48.7 Å². The average molecular weight is 158 g/mol. The highest BCUT2D eigenvalue weighted by Crippen LogP contribution is 2.33. The van der Waals surface area contributed by atoms with E-state index >= 15 is 0 Å². The molecule has 3 nitrogen and oxygen atoms in total. The molecule has 1 N–H and O–H groups in total. The molecule has 0 aromatic carbocycles. The highest BCUT2D eigenvalue weighted by molar-refractivity contribution is 4.72. The molecule has 2 aliphatic heterocycles. The second-order valence-corrected chi connectivity index (χ2v) is 3.66. The maximum absolute atomic E-state index is 8.86. The number of hydrogen-bond acceptors (Lipinski definition) is 2. The quantitative estimate of drug-likeness (QED) is 0.571. The molecule has 0 aliphatic carbocycles. The van der Waals surface area contributed by atoms with Gasteiger partial charge < -0.3 is 9.84 Å². The van der Waals surface area contributed by atoms with Gasteiger partial charge in [-0.15, -0.1) is 0 Å². The molecule has 2 atom stereocenters. The molecule has 64 valence electrons. The summed E-state index contributed by atoms with van der Waals surface area (Å²) in [6.07, 6.45) is 2.53. The van der Waals surface area contributed by atoms with Crippen molar-refractivity contribution in [2.24, 2.45) is 0 Å². The SMILES string of the molecule is OCC[N+]12CCC1CCOC2. The minimum absolute atomic E-state index is 0.305. The van der Waals surface area contributed by atoms with Crippen molar-refractivity contribution in [3.8, 4) is 0 Å². The molecule has 11 heavy (non-hydrogen) atoms. The molecule has 2 heterocycles. The zero-order valence-electron chi connectivity index (χ0n) is 6.83. The lowest BCUT2D eigenvalue weighted by atomic mass is 9.94. The first-order valence-corrected chi connectivity index (χ1v) is 4.42. The monoisotopic (exact) mass is 158 g/mol. The highest BCUT2D eigenvalue weighted by atomic mass is 16.5. The van der Waals surface area contributed by atoms with Crippen LogP contribution in [0.2, 0.25) is 0 Å². The van der Waals surface area contributed by atoms with Gasteiger partial charge in [-0.25, -0.2) is 0 Å². The lowest BCUT2D eigenvalue weighted by Gasteiger charge is -2.54. The van der Waals surface area contributed by atoms with Crippen LogP contribution in [0.1, 0.15) is 12.8 Å². The Labute approximate surface area is 67.2 Å². The third-order valence-corrected chi connectivity index (χ3v) is 3.17. The minimum atomic E-state index is 0.305. The molecule has 0 aromatic heterocycles. The lowest BCUT2D eigenvalue weighted by molar-refractivity contribution is -1.01. The van der Waals surface area contributed by atoms with Crippen LogP contribution in [0.5, 0.6) is 0 Å². The lowest BCUT2D eigenvalue weighted by Crippen LogP contribution is -2.69. The summed E-state index contributed by atoms with van der Waals surface area (Å²) in [5.74, 6) is 0. The Morgan fingerprint density at radius 3 is 2.91 bits per heavy atom. The molecular weight excluding hydrogens is 142 g/mol. The van der Waals surface area contributed by atoms with Crippen LogP contribution in [0.4, 0.5) is 0 Å². The van der Waals surface area contributed by atoms with Gasteiger partial charge in [0.15, 0.2) is 6.73 Å². The summed E-state index contributed by atoms with van der Waals surface area (Å²) in [4.78, 5) is 0. The van der Waals surface area contributed by atoms with Crippen molar-refractivity contribution in [1.29, 1.82) is 0 Å². The first-order chi connectivity index (χ1) is 5.37. The Kier molecular flexibility index (Phi) is 1.87. The number of aliphatic hydroxyl groups excluding tert-OH is 1. The van der Waals surface area contributed by atoms with Crippen molar-refractivity contribution in [2.45, 2.75) is 18.9 Å². The van der Waals surface area contributed by atoms with Crippen LogP contribution in [-0.2, 0) is 4.74 Å². The third kappa shape index (κ3) is 1.08. The van der Waals surface area contributed by atoms with E-state index in [0.29, 0.717) is 6.61 Å². The molecule has 2 rings (SSSR count). The number of aliphatic hydroxyl groups is 1. The molecule has 0 bridgehead atoms. The summed E-state index contributed by atoms with van der Waals surface area (Å²) < 4.78 is 6.46. The van der Waals surface area contributed by atoms with Gasteiger partial charge in [0.2, 0.25) is 0 Å². The molecule has 0 spiro atoms. The maximum atomic E-state index is 8.86. The topological polar surface area (TPSA) is 29.5 Å². The Morgan fingerprint density at radius 2 is 2.36 bits per heavy atom. The highest BCUT2D eigenvalue weighted by Gasteiger charge is 2.47. The van der Waals surface area contributed by atoms with Gasteiger partial charge in [0.25, 0.3) is 0 Å². The molecule has 3 heteroatoms. The fraction of sp³-hybridized carbons (Fsp3) is 1.00. The van der Waals surface area contributed by atoms with Crippen molar-refractivity contribution < 1.29 is 14.3 Å². The second-order valence-electron chi connectivity index (χ2n) is 3.66. The van der Waals surface area contributed by atoms with Gasteiger partial charge >= 0.3 is 0 Å². The molecule has 2 fully saturated rings. The van der Waals surface area contributed by atoms with E-state index in [2.05, 4.69) is 0 Å². The molecular formula is C8H16NO2+. The number of nitrogens with zero attached hydrogens (tertiary/aromatic N) is 1. The largest absolute Gasteiger partial charge is 0.391 e. The molecule has 0 aromatic rings. The van der Waals surface area contributed by atoms with Gasteiger partial charge in [-0.1, -0.05) is 0 Å². The number of ether oxygens (including phenoxy) is 1. The third-order valence-electron chi connectivity index (χ3n) is 3.17. The van der Waals surface area contributed by atoms with E-state index in [-0.39, 0.29) is 0 Å². The number of fused-ring (bicyclic) bond motifs is 1. The van der Waals surface area contributed by atoms with Gasteiger partial charge in [-0.3, -0.25) is 4.48 Å². The summed E-state index contributed by atoms with van der Waals surface area (Å²) >= 11 is 0. The molecule has 2 aliphatic rings. The smallest absolute Gasteiger partial charge is 0.183 e. The summed E-state index contributed by atoms with van der Waals surface area (Å²) in [6.45, 7) is 4.18. The van der Waals surface area contributed by atoms with Crippen LogP contribution < -0.4 is 0 Å². The van der Waals surface area contributed by atoms with Gasteiger partial charge in [-0.05, 0) is 0 Å². The van der Waals surface area contributed by atoms with Crippen molar-refractivity contribution in [2.75, 3.05) is 33.0 Å². The van der Waals surface area contributed by atoms with Crippen molar-refractivity contribution >= 4 is 0 Å².